The van der Waals surface area contributed by atoms with E-state index in [9.17, 15) is 0 Å². The molecule has 1 aliphatic carbocycles. The maximum atomic E-state index is 2.36. The van der Waals surface area contributed by atoms with Gasteiger partial charge in [-0.1, -0.05) is 316 Å². The summed E-state index contributed by atoms with van der Waals surface area (Å²) in [6.45, 7) is 8.56. The van der Waals surface area contributed by atoms with E-state index in [1.54, 1.807) is 0 Å². The average Bonchev–Trinajstić information content (AvgIpc) is 0.746. The summed E-state index contributed by atoms with van der Waals surface area (Å²) in [5.41, 5.74) is 37.7. The number of hydrogen-bond acceptors (Lipinski definition) is 4. The summed E-state index contributed by atoms with van der Waals surface area (Å²) < 4.78 is 0. The number of aryl methyl sites for hydroxylation is 4. The van der Waals surface area contributed by atoms with Crippen LogP contribution in [-0.4, -0.2) is 0 Å². The molecule has 0 bridgehead atoms. The molecule has 0 N–H and O–H groups in total. The Balaban J connectivity index is 0.000000174. The predicted octanol–water partition coefficient (Wildman–Crippen LogP) is 32.1. The Hall–Kier alpha value is -15.1. The maximum Gasteiger partial charge on any atom is 0.0464 e. The Labute approximate surface area is 695 Å². The molecule has 1 aliphatic rings. The van der Waals surface area contributed by atoms with Crippen LogP contribution in [0.3, 0.4) is 0 Å². The number of rotatable bonds is 20. The highest BCUT2D eigenvalue weighted by Crippen LogP contribution is 2.49. The van der Waals surface area contributed by atoms with Crippen LogP contribution in [0.2, 0.25) is 0 Å². The molecule has 0 heterocycles. The van der Waals surface area contributed by atoms with Crippen LogP contribution in [0.4, 0.5) is 68.2 Å². The van der Waals surface area contributed by atoms with Crippen molar-refractivity contribution in [3.63, 3.8) is 0 Å². The fraction of sp³-hybridized carbons (Fsp3) is 0.0351. The van der Waals surface area contributed by atoms with Gasteiger partial charge in [-0.25, -0.2) is 0 Å². The van der Waals surface area contributed by atoms with E-state index in [0.29, 0.717) is 0 Å². The van der Waals surface area contributed by atoms with Gasteiger partial charge >= 0.3 is 0 Å². The Kier molecular flexibility index (Phi) is 22.8. The summed E-state index contributed by atoms with van der Waals surface area (Å²) in [6, 6.07) is 152. The van der Waals surface area contributed by atoms with Gasteiger partial charge in [-0.2, -0.15) is 0 Å². The monoisotopic (exact) mass is 1510 g/mol. The van der Waals surface area contributed by atoms with E-state index in [1.165, 1.54) is 77.9 Å². The average molecular weight is 1520 g/mol. The molecule has 4 heteroatoms. The molecular weight excluding hydrogens is 1430 g/mol. The highest BCUT2D eigenvalue weighted by Gasteiger charge is 2.24. The van der Waals surface area contributed by atoms with Crippen molar-refractivity contribution in [3.05, 3.63) is 491 Å². The van der Waals surface area contributed by atoms with Gasteiger partial charge in [0.25, 0.3) is 0 Å². The second kappa shape index (κ2) is 35.5. The van der Waals surface area contributed by atoms with Crippen molar-refractivity contribution in [2.75, 3.05) is 19.6 Å². The van der Waals surface area contributed by atoms with E-state index in [1.807, 2.05) is 0 Å². The first kappa shape index (κ1) is 75.6. The van der Waals surface area contributed by atoms with Crippen molar-refractivity contribution in [1.82, 2.24) is 0 Å². The predicted molar refractivity (Wildman–Crippen MR) is 507 cm³/mol. The molecule has 0 radical (unpaired) electrons. The van der Waals surface area contributed by atoms with Crippen LogP contribution < -0.4 is 19.6 Å². The summed E-state index contributed by atoms with van der Waals surface area (Å²) >= 11 is 0. The van der Waals surface area contributed by atoms with Crippen molar-refractivity contribution in [2.45, 2.75) is 27.7 Å². The molecule has 0 saturated heterocycles. The van der Waals surface area contributed by atoms with Gasteiger partial charge in [0.2, 0.25) is 0 Å². The molecule has 0 saturated carbocycles. The zero-order valence-electron chi connectivity index (χ0n) is 66.8. The molecule has 4 nitrogen and oxygen atoms in total. The Morgan fingerprint density at radius 2 is 0.297 bits per heavy atom. The van der Waals surface area contributed by atoms with Crippen molar-refractivity contribution >= 4 is 117 Å². The molecular formula is C114H90N4. The molecule has 566 valence electrons. The smallest absolute Gasteiger partial charge is 0.0464 e. The summed E-state index contributed by atoms with van der Waals surface area (Å²) in [5, 5.41) is 0. The fourth-order valence-corrected chi connectivity index (χ4v) is 15.7. The number of nitrogens with zero attached hydrogens (tertiary/aromatic N) is 4. The third-order valence-corrected chi connectivity index (χ3v) is 21.6. The Morgan fingerprint density at radius 3 is 0.534 bits per heavy atom. The van der Waals surface area contributed by atoms with E-state index in [4.69, 9.17) is 0 Å². The lowest BCUT2D eigenvalue weighted by atomic mass is 9.80. The van der Waals surface area contributed by atoms with E-state index in [-0.39, 0.29) is 0 Å². The van der Waals surface area contributed by atoms with Gasteiger partial charge in [0.05, 0.1) is 0 Å². The van der Waals surface area contributed by atoms with Crippen LogP contribution >= 0.6 is 0 Å². The normalized spacial score (nSPS) is 11.4. The topological polar surface area (TPSA) is 13.0 Å². The third kappa shape index (κ3) is 17.6. The molecule has 0 atom stereocenters. The van der Waals surface area contributed by atoms with Gasteiger partial charge in [0, 0.05) is 68.2 Å². The first-order valence-electron chi connectivity index (χ1n) is 40.5. The van der Waals surface area contributed by atoms with Crippen LogP contribution in [0.5, 0.6) is 0 Å². The molecule has 17 aromatic carbocycles. The Morgan fingerprint density at radius 1 is 0.127 bits per heavy atom. The second-order valence-electron chi connectivity index (χ2n) is 30.1. The fourth-order valence-electron chi connectivity index (χ4n) is 15.7. The van der Waals surface area contributed by atoms with Gasteiger partial charge in [0.15, 0.2) is 0 Å². The number of para-hydroxylation sites is 4. The first-order chi connectivity index (χ1) is 58.1. The SMILES string of the molecule is C(=C\c1ccc2c(c1)-c1ccccc1-c1ccc(/C=C/c3ccc(N(c4ccccc4)c4ccccc4)cc3)cc1-c1ccccc1-2)/c1ccc(N(c2ccccc2)c2ccccc2)cc1.Cc1cccc(N(c2ccc(/C=C/c3ccc(/C=C/c4ccc(N(c5cccc(C)c5)c5cccc(C)c5)cc4)cc3)cc2)c2cccc(C)c2)c1. The molecule has 0 amide bonds. The largest absolute Gasteiger partial charge is 0.311 e. The standard InChI is InChI=1S/C64H46N2.C50H44N2/c1-5-17-51(18-6-1)65(52-19-7-2-8-20-52)55-39-33-47(34-40-55)29-31-49-37-43-61-58-26-14-16-28-60(58)64-46-50(38-44-62(64)57-25-13-15-27-59(57)63(61)45-49)32-30-48-35-41-56(42-36-48)66(53-21-9-3-10-22-53)54-23-11-4-12-24-54;1-37-9-5-13-47(33-37)51(48-14-6-10-38(2)34-48)45-29-25-43(26-30-45)23-21-41-17-19-42(20-18-41)22-24-44-27-31-46(32-28-44)52(49-15-7-11-39(3)35-49)50-16-8-12-40(4)36-50/h1-46H;5-36H,1-4H3/b31-29+,32-30+,61-58?,62-57?,63-59?,64-60?;23-21+,24-22+. The summed E-state index contributed by atoms with van der Waals surface area (Å²) in [6.07, 6.45) is 17.6. The molecule has 0 unspecified atom stereocenters. The minimum atomic E-state index is 1.12. The highest BCUT2D eigenvalue weighted by molar-refractivity contribution is 6.04. The zero-order chi connectivity index (χ0) is 79.9. The van der Waals surface area contributed by atoms with E-state index < -0.39 is 0 Å². The van der Waals surface area contributed by atoms with Gasteiger partial charge in [-0.3, -0.25) is 0 Å². The highest BCUT2D eigenvalue weighted by atomic mass is 15.2. The summed E-state index contributed by atoms with van der Waals surface area (Å²) in [7, 11) is 0. The van der Waals surface area contributed by atoms with Crippen molar-refractivity contribution in [3.8, 4) is 44.5 Å². The zero-order valence-corrected chi connectivity index (χ0v) is 66.8. The summed E-state index contributed by atoms with van der Waals surface area (Å²) in [5.74, 6) is 0. The molecule has 17 aromatic rings. The first-order valence-corrected chi connectivity index (χ1v) is 40.5. The lowest BCUT2D eigenvalue weighted by Crippen LogP contribution is -2.10. The quantitative estimate of drug-likeness (QED) is 0.0705. The molecule has 0 aromatic heterocycles. The Bertz CT molecular complexity index is 5860. The van der Waals surface area contributed by atoms with Gasteiger partial charge in [0.1, 0.15) is 0 Å². The lowest BCUT2D eigenvalue weighted by Gasteiger charge is -2.26. The minimum Gasteiger partial charge on any atom is -0.311 e. The van der Waals surface area contributed by atoms with Gasteiger partial charge in [-0.05, 0) is 297 Å². The molecule has 0 aliphatic heterocycles. The molecule has 118 heavy (non-hydrogen) atoms. The van der Waals surface area contributed by atoms with E-state index >= 15 is 0 Å². The van der Waals surface area contributed by atoms with Crippen LogP contribution in [0.25, 0.3) is 93.1 Å². The van der Waals surface area contributed by atoms with Gasteiger partial charge in [-0.15, -0.1) is 0 Å². The number of fused-ring (bicyclic) bond motifs is 8. The molecule has 18 rings (SSSR count). The minimum absolute atomic E-state index is 1.12. The van der Waals surface area contributed by atoms with Crippen LogP contribution in [0.1, 0.15) is 66.8 Å². The van der Waals surface area contributed by atoms with Crippen LogP contribution in [0.15, 0.2) is 425 Å². The van der Waals surface area contributed by atoms with Crippen molar-refractivity contribution in [1.29, 1.82) is 0 Å². The molecule has 0 fully saturated rings. The van der Waals surface area contributed by atoms with Gasteiger partial charge < -0.3 is 19.6 Å². The molecule has 0 spiro atoms. The lowest BCUT2D eigenvalue weighted by molar-refractivity contribution is 1.26. The summed E-state index contributed by atoms with van der Waals surface area (Å²) in [4.78, 5) is 9.22. The van der Waals surface area contributed by atoms with E-state index in [0.717, 1.165) is 102 Å². The number of benzene rings is 17. The van der Waals surface area contributed by atoms with Crippen LogP contribution in [0, 0.1) is 27.7 Å². The number of hydrogen-bond donors (Lipinski definition) is 0. The number of anilines is 12. The van der Waals surface area contributed by atoms with Crippen LogP contribution in [-0.2, 0) is 0 Å². The maximum absolute atomic E-state index is 2.36. The third-order valence-electron chi connectivity index (χ3n) is 21.6. The van der Waals surface area contributed by atoms with Crippen molar-refractivity contribution < 1.29 is 0 Å². The van der Waals surface area contributed by atoms with Crippen molar-refractivity contribution in [2.24, 2.45) is 0 Å². The second-order valence-corrected chi connectivity index (χ2v) is 30.1. The van der Waals surface area contributed by atoms with E-state index in [2.05, 4.69) is 521 Å².